The summed E-state index contributed by atoms with van der Waals surface area (Å²) in [6.45, 7) is 8.77. The average molecular weight is 344 g/mol. The number of carbonyl (C=O) groups is 2. The van der Waals surface area contributed by atoms with Crippen molar-refractivity contribution in [2.24, 2.45) is 0 Å². The Morgan fingerprint density at radius 1 is 1.20 bits per heavy atom. The van der Waals surface area contributed by atoms with Crippen LogP contribution in [0, 0.1) is 12.3 Å². The van der Waals surface area contributed by atoms with Crippen LogP contribution in [0.4, 0.5) is 9.59 Å². The number of benzene rings is 1. The van der Waals surface area contributed by atoms with Gasteiger partial charge in [-0.15, -0.1) is 13.0 Å². The molecular formula is C19H24N2O4. The summed E-state index contributed by atoms with van der Waals surface area (Å²) in [4.78, 5) is 24.8. The van der Waals surface area contributed by atoms with Gasteiger partial charge in [-0.05, 0) is 26.3 Å². The van der Waals surface area contributed by atoms with E-state index in [0.717, 1.165) is 15.6 Å². The van der Waals surface area contributed by atoms with Crippen LogP contribution in [0.1, 0.15) is 26.3 Å². The van der Waals surface area contributed by atoms with E-state index in [2.05, 4.69) is 12.5 Å². The van der Waals surface area contributed by atoms with E-state index in [0.29, 0.717) is 0 Å². The maximum atomic E-state index is 12.4. The van der Waals surface area contributed by atoms with Crippen molar-refractivity contribution in [1.82, 2.24) is 10.0 Å². The Morgan fingerprint density at radius 3 is 2.36 bits per heavy atom. The smallest absolute Gasteiger partial charge is 0.430 e. The fourth-order valence-corrected chi connectivity index (χ4v) is 1.84. The number of hydrogen-bond donors (Lipinski definition) is 0. The third-order valence-electron chi connectivity index (χ3n) is 2.85. The first-order valence-electron chi connectivity index (χ1n) is 7.81. The average Bonchev–Trinajstić information content (AvgIpc) is 2.55. The number of nitrogens with zero attached hydrogens (tertiary/aromatic N) is 2. The minimum Gasteiger partial charge on any atom is -0.443 e. The molecule has 6 nitrogen and oxygen atoms in total. The number of amides is 2. The Morgan fingerprint density at radius 2 is 1.84 bits per heavy atom. The molecule has 0 atom stereocenters. The lowest BCUT2D eigenvalue weighted by Crippen LogP contribution is -2.51. The number of ether oxygens (including phenoxy) is 2. The highest BCUT2D eigenvalue weighted by molar-refractivity contribution is 5.74. The number of terminal acetylenes is 1. The molecule has 25 heavy (non-hydrogen) atoms. The van der Waals surface area contributed by atoms with Gasteiger partial charge in [-0.25, -0.2) is 19.6 Å². The molecule has 0 aromatic heterocycles. The molecule has 1 rings (SSSR count). The normalized spacial score (nSPS) is 10.3. The molecule has 1 aromatic carbocycles. The van der Waals surface area contributed by atoms with E-state index in [9.17, 15) is 9.59 Å². The standard InChI is InChI=1S/C19H24N2O4/c1-6-13-20(17(22)24-15-16-11-9-8-10-12-16)21(14-7-2)18(23)25-19(3,4)5/h2,6,8-12H,1,13-15H2,3-5H3. The van der Waals surface area contributed by atoms with Gasteiger partial charge in [0.15, 0.2) is 0 Å². The minimum absolute atomic E-state index is 0.0501. The first kappa shape index (κ1) is 20.1. The topological polar surface area (TPSA) is 59.1 Å². The third-order valence-corrected chi connectivity index (χ3v) is 2.85. The van der Waals surface area contributed by atoms with Crippen molar-refractivity contribution < 1.29 is 19.1 Å². The second-order valence-corrected chi connectivity index (χ2v) is 6.15. The molecule has 0 heterocycles. The maximum Gasteiger partial charge on any atom is 0.430 e. The SMILES string of the molecule is C#CCN(C(=O)OC(C)(C)C)N(CC=C)C(=O)OCc1ccccc1. The van der Waals surface area contributed by atoms with Gasteiger partial charge in [0.1, 0.15) is 18.8 Å². The van der Waals surface area contributed by atoms with Gasteiger partial charge in [0.05, 0.1) is 6.54 Å². The molecule has 0 aliphatic carbocycles. The number of hydrazine groups is 1. The summed E-state index contributed by atoms with van der Waals surface area (Å²) in [7, 11) is 0. The molecule has 0 aliphatic rings. The van der Waals surface area contributed by atoms with Gasteiger partial charge >= 0.3 is 12.2 Å². The Kier molecular flexibility index (Phi) is 7.54. The fourth-order valence-electron chi connectivity index (χ4n) is 1.84. The van der Waals surface area contributed by atoms with Crippen LogP contribution in [0.2, 0.25) is 0 Å². The van der Waals surface area contributed by atoms with Gasteiger partial charge in [0, 0.05) is 0 Å². The Bertz CT molecular complexity index is 629. The molecule has 0 bridgehead atoms. The molecule has 0 radical (unpaired) electrons. The molecule has 2 amide bonds. The van der Waals surface area contributed by atoms with Gasteiger partial charge in [0.25, 0.3) is 0 Å². The van der Waals surface area contributed by atoms with Gasteiger partial charge in [-0.2, -0.15) is 0 Å². The molecule has 0 saturated carbocycles. The second kappa shape index (κ2) is 9.38. The first-order chi connectivity index (χ1) is 11.8. The largest absolute Gasteiger partial charge is 0.443 e. The summed E-state index contributed by atoms with van der Waals surface area (Å²) < 4.78 is 10.6. The molecule has 0 fully saturated rings. The highest BCUT2D eigenvalue weighted by Crippen LogP contribution is 2.13. The van der Waals surface area contributed by atoms with Crippen molar-refractivity contribution in [3.05, 3.63) is 48.6 Å². The Labute approximate surface area is 149 Å². The van der Waals surface area contributed by atoms with Gasteiger partial charge < -0.3 is 9.47 Å². The van der Waals surface area contributed by atoms with Crippen molar-refractivity contribution in [1.29, 1.82) is 0 Å². The van der Waals surface area contributed by atoms with E-state index in [4.69, 9.17) is 15.9 Å². The van der Waals surface area contributed by atoms with Crippen LogP contribution in [-0.2, 0) is 16.1 Å². The maximum absolute atomic E-state index is 12.4. The molecule has 0 unspecified atom stereocenters. The lowest BCUT2D eigenvalue weighted by atomic mass is 10.2. The van der Waals surface area contributed by atoms with Crippen LogP contribution in [0.5, 0.6) is 0 Å². The van der Waals surface area contributed by atoms with Crippen LogP contribution in [0.25, 0.3) is 0 Å². The Hall–Kier alpha value is -2.94. The zero-order valence-corrected chi connectivity index (χ0v) is 14.9. The molecule has 1 aromatic rings. The molecule has 0 N–H and O–H groups in total. The van der Waals surface area contributed by atoms with E-state index in [1.165, 1.54) is 6.08 Å². The summed E-state index contributed by atoms with van der Waals surface area (Å²) in [5.41, 5.74) is 0.104. The molecule has 0 aliphatic heterocycles. The molecule has 0 saturated heterocycles. The van der Waals surface area contributed by atoms with E-state index in [1.807, 2.05) is 30.3 Å². The number of hydrogen-bond acceptors (Lipinski definition) is 4. The minimum atomic E-state index is -0.732. The molecular weight excluding hydrogens is 320 g/mol. The van der Waals surface area contributed by atoms with Crippen LogP contribution in [0.15, 0.2) is 43.0 Å². The number of carbonyl (C=O) groups excluding carboxylic acids is 2. The second-order valence-electron chi connectivity index (χ2n) is 6.15. The third kappa shape index (κ3) is 7.00. The zero-order valence-electron chi connectivity index (χ0n) is 14.9. The predicted molar refractivity (Wildman–Crippen MR) is 95.3 cm³/mol. The van der Waals surface area contributed by atoms with Crippen molar-refractivity contribution in [2.45, 2.75) is 33.0 Å². The summed E-state index contributed by atoms with van der Waals surface area (Å²) in [5, 5.41) is 2.10. The van der Waals surface area contributed by atoms with Crippen LogP contribution in [0.3, 0.4) is 0 Å². The van der Waals surface area contributed by atoms with Crippen LogP contribution in [-0.4, -0.2) is 40.9 Å². The van der Waals surface area contributed by atoms with E-state index >= 15 is 0 Å². The van der Waals surface area contributed by atoms with Gasteiger partial charge in [-0.3, -0.25) is 0 Å². The van der Waals surface area contributed by atoms with Crippen molar-refractivity contribution in [3.8, 4) is 12.3 Å². The van der Waals surface area contributed by atoms with Crippen molar-refractivity contribution >= 4 is 12.2 Å². The van der Waals surface area contributed by atoms with Crippen molar-refractivity contribution in [3.63, 3.8) is 0 Å². The van der Waals surface area contributed by atoms with E-state index < -0.39 is 17.8 Å². The van der Waals surface area contributed by atoms with Crippen LogP contribution < -0.4 is 0 Å². The quantitative estimate of drug-likeness (QED) is 0.465. The van der Waals surface area contributed by atoms with Gasteiger partial charge in [-0.1, -0.05) is 42.3 Å². The monoisotopic (exact) mass is 344 g/mol. The summed E-state index contributed by atoms with van der Waals surface area (Å²) in [6, 6.07) is 9.22. The number of rotatable bonds is 5. The summed E-state index contributed by atoms with van der Waals surface area (Å²) in [5.74, 6) is 2.34. The summed E-state index contributed by atoms with van der Waals surface area (Å²) in [6.07, 6.45) is 5.35. The molecule has 0 spiro atoms. The van der Waals surface area contributed by atoms with E-state index in [1.54, 1.807) is 20.8 Å². The fraction of sp³-hybridized carbons (Fsp3) is 0.368. The molecule has 6 heteroatoms. The first-order valence-corrected chi connectivity index (χ1v) is 7.81. The lowest BCUT2D eigenvalue weighted by Gasteiger charge is -2.33. The Balaban J connectivity index is 2.88. The van der Waals surface area contributed by atoms with Crippen molar-refractivity contribution in [2.75, 3.05) is 13.1 Å². The predicted octanol–water partition coefficient (Wildman–Crippen LogP) is 3.60. The van der Waals surface area contributed by atoms with Crippen LogP contribution >= 0.6 is 0 Å². The van der Waals surface area contributed by atoms with Gasteiger partial charge in [0.2, 0.25) is 0 Å². The lowest BCUT2D eigenvalue weighted by molar-refractivity contribution is -0.0379. The highest BCUT2D eigenvalue weighted by Gasteiger charge is 2.30. The highest BCUT2D eigenvalue weighted by atomic mass is 16.6. The molecule has 134 valence electrons. The summed E-state index contributed by atoms with van der Waals surface area (Å²) >= 11 is 0. The van der Waals surface area contributed by atoms with E-state index in [-0.39, 0.29) is 19.7 Å². The zero-order chi connectivity index (χ0) is 18.9.